The first-order valence-electron chi connectivity index (χ1n) is 9.59. The first kappa shape index (κ1) is 17.9. The second-order valence-electron chi connectivity index (χ2n) is 7.23. The molecule has 0 aliphatic carbocycles. The van der Waals surface area contributed by atoms with Gasteiger partial charge in [0, 0.05) is 39.1 Å². The van der Waals surface area contributed by atoms with Gasteiger partial charge in [0.05, 0.1) is 20.1 Å². The van der Waals surface area contributed by atoms with Gasteiger partial charge in [-0.1, -0.05) is 24.3 Å². The maximum absolute atomic E-state index is 12.6. The van der Waals surface area contributed by atoms with Crippen LogP contribution in [0.25, 0.3) is 0 Å². The number of carbonyl (C=O) groups is 1. The highest BCUT2D eigenvalue weighted by molar-refractivity contribution is 5.79. The number of nitrogens with zero attached hydrogens (tertiary/aromatic N) is 2. The highest BCUT2D eigenvalue weighted by Gasteiger charge is 2.22. The number of amides is 1. The van der Waals surface area contributed by atoms with E-state index in [0.717, 1.165) is 62.8 Å². The maximum Gasteiger partial charge on any atom is 0.227 e. The van der Waals surface area contributed by atoms with Gasteiger partial charge in [-0.3, -0.25) is 9.69 Å². The largest absolute Gasteiger partial charge is 0.497 e. The van der Waals surface area contributed by atoms with Crippen molar-refractivity contribution in [3.8, 4) is 11.5 Å². The van der Waals surface area contributed by atoms with Crippen LogP contribution in [0.15, 0.2) is 42.5 Å². The smallest absolute Gasteiger partial charge is 0.227 e. The third-order valence-electron chi connectivity index (χ3n) is 5.37. The average molecular weight is 366 g/mol. The fraction of sp³-hybridized carbons (Fsp3) is 0.409. The summed E-state index contributed by atoms with van der Waals surface area (Å²) < 4.78 is 10.8. The Morgan fingerprint density at radius 1 is 1.07 bits per heavy atom. The van der Waals surface area contributed by atoms with Crippen LogP contribution in [-0.4, -0.2) is 55.6 Å². The summed E-state index contributed by atoms with van der Waals surface area (Å²) in [6.07, 6.45) is 1.44. The van der Waals surface area contributed by atoms with Crippen molar-refractivity contribution < 1.29 is 14.3 Å². The Hall–Kier alpha value is -2.53. The first-order valence-corrected chi connectivity index (χ1v) is 9.59. The van der Waals surface area contributed by atoms with Crippen molar-refractivity contribution >= 4 is 5.91 Å². The molecule has 27 heavy (non-hydrogen) atoms. The summed E-state index contributed by atoms with van der Waals surface area (Å²) in [6.45, 7) is 5.14. The molecule has 2 aromatic rings. The van der Waals surface area contributed by atoms with E-state index in [1.54, 1.807) is 7.11 Å². The topological polar surface area (TPSA) is 42.0 Å². The SMILES string of the molecule is COc1cccc(CC(=O)N2CCN(Cc3ccc4c(c3)CCO4)CC2)c1. The molecule has 0 N–H and O–H groups in total. The number of benzene rings is 2. The molecule has 0 unspecified atom stereocenters. The highest BCUT2D eigenvalue weighted by atomic mass is 16.5. The quantitative estimate of drug-likeness (QED) is 0.816. The molecule has 0 radical (unpaired) electrons. The first-order chi connectivity index (χ1) is 13.2. The van der Waals surface area contributed by atoms with E-state index >= 15 is 0 Å². The van der Waals surface area contributed by atoms with Gasteiger partial charge in [-0.05, 0) is 34.9 Å². The zero-order valence-corrected chi connectivity index (χ0v) is 15.8. The van der Waals surface area contributed by atoms with Gasteiger partial charge >= 0.3 is 0 Å². The Kier molecular flexibility index (Phi) is 5.30. The van der Waals surface area contributed by atoms with Gasteiger partial charge < -0.3 is 14.4 Å². The molecule has 0 saturated carbocycles. The normalized spacial score (nSPS) is 16.7. The number of ether oxygens (including phenoxy) is 2. The molecule has 2 aromatic carbocycles. The van der Waals surface area contributed by atoms with Gasteiger partial charge in [-0.2, -0.15) is 0 Å². The summed E-state index contributed by atoms with van der Waals surface area (Å²) in [7, 11) is 1.65. The molecule has 1 saturated heterocycles. The van der Waals surface area contributed by atoms with E-state index in [4.69, 9.17) is 9.47 Å². The molecule has 142 valence electrons. The third-order valence-corrected chi connectivity index (χ3v) is 5.37. The molecule has 2 heterocycles. The van der Waals surface area contributed by atoms with Crippen LogP contribution in [0.3, 0.4) is 0 Å². The molecular formula is C22H26N2O3. The minimum Gasteiger partial charge on any atom is -0.497 e. The molecule has 0 aromatic heterocycles. The molecule has 2 aliphatic rings. The molecule has 0 spiro atoms. The lowest BCUT2D eigenvalue weighted by Crippen LogP contribution is -2.48. The third kappa shape index (κ3) is 4.25. The zero-order chi connectivity index (χ0) is 18.6. The fourth-order valence-electron chi connectivity index (χ4n) is 3.82. The Bertz CT molecular complexity index is 813. The Balaban J connectivity index is 1.28. The monoisotopic (exact) mass is 366 g/mol. The van der Waals surface area contributed by atoms with Crippen LogP contribution in [0, 0.1) is 0 Å². The van der Waals surface area contributed by atoms with E-state index in [9.17, 15) is 4.79 Å². The van der Waals surface area contributed by atoms with E-state index in [0.29, 0.717) is 6.42 Å². The molecule has 1 fully saturated rings. The van der Waals surface area contributed by atoms with Gasteiger partial charge in [-0.25, -0.2) is 0 Å². The number of hydrogen-bond acceptors (Lipinski definition) is 4. The van der Waals surface area contributed by atoms with Crippen molar-refractivity contribution in [1.82, 2.24) is 9.80 Å². The number of rotatable bonds is 5. The van der Waals surface area contributed by atoms with Crippen LogP contribution < -0.4 is 9.47 Å². The molecule has 4 rings (SSSR count). The van der Waals surface area contributed by atoms with Crippen LogP contribution in [-0.2, 0) is 24.2 Å². The molecular weight excluding hydrogens is 340 g/mol. The molecule has 2 aliphatic heterocycles. The summed E-state index contributed by atoms with van der Waals surface area (Å²) >= 11 is 0. The van der Waals surface area contributed by atoms with Crippen molar-refractivity contribution in [2.75, 3.05) is 39.9 Å². The van der Waals surface area contributed by atoms with Crippen molar-refractivity contribution in [3.63, 3.8) is 0 Å². The van der Waals surface area contributed by atoms with Gasteiger partial charge in [0.2, 0.25) is 5.91 Å². The van der Waals surface area contributed by atoms with Crippen molar-refractivity contribution in [2.24, 2.45) is 0 Å². The highest BCUT2D eigenvalue weighted by Crippen LogP contribution is 2.26. The van der Waals surface area contributed by atoms with E-state index in [2.05, 4.69) is 23.1 Å². The number of carbonyl (C=O) groups excluding carboxylic acids is 1. The maximum atomic E-state index is 12.6. The predicted molar refractivity (Wildman–Crippen MR) is 104 cm³/mol. The molecule has 0 atom stereocenters. The summed E-state index contributed by atoms with van der Waals surface area (Å²) in [5.41, 5.74) is 3.65. The summed E-state index contributed by atoms with van der Waals surface area (Å²) in [5, 5.41) is 0. The number of methoxy groups -OCH3 is 1. The standard InChI is InChI=1S/C22H26N2O3/c1-26-20-4-2-3-17(14-20)15-22(25)24-10-8-23(9-11-24)16-18-5-6-21-19(13-18)7-12-27-21/h2-6,13-14H,7-12,15-16H2,1H3. The summed E-state index contributed by atoms with van der Waals surface area (Å²) in [4.78, 5) is 17.0. The number of fused-ring (bicyclic) bond motifs is 1. The fourth-order valence-corrected chi connectivity index (χ4v) is 3.82. The van der Waals surface area contributed by atoms with Crippen molar-refractivity contribution in [2.45, 2.75) is 19.4 Å². The van der Waals surface area contributed by atoms with E-state index in [-0.39, 0.29) is 5.91 Å². The van der Waals surface area contributed by atoms with Gasteiger partial charge in [0.1, 0.15) is 11.5 Å². The molecule has 5 nitrogen and oxygen atoms in total. The molecule has 0 bridgehead atoms. The van der Waals surface area contributed by atoms with Gasteiger partial charge in [0.25, 0.3) is 0 Å². The van der Waals surface area contributed by atoms with Crippen LogP contribution in [0.2, 0.25) is 0 Å². The second kappa shape index (κ2) is 8.01. The lowest BCUT2D eigenvalue weighted by atomic mass is 10.1. The van der Waals surface area contributed by atoms with Crippen LogP contribution in [0.1, 0.15) is 16.7 Å². The Morgan fingerprint density at radius 2 is 1.93 bits per heavy atom. The molecule has 5 heteroatoms. The van der Waals surface area contributed by atoms with Crippen LogP contribution >= 0.6 is 0 Å². The van der Waals surface area contributed by atoms with Gasteiger partial charge in [0.15, 0.2) is 0 Å². The minimum absolute atomic E-state index is 0.192. The zero-order valence-electron chi connectivity index (χ0n) is 15.8. The van der Waals surface area contributed by atoms with Gasteiger partial charge in [-0.15, -0.1) is 0 Å². The minimum atomic E-state index is 0.192. The summed E-state index contributed by atoms with van der Waals surface area (Å²) in [6, 6.07) is 14.3. The van der Waals surface area contributed by atoms with E-state index < -0.39 is 0 Å². The van der Waals surface area contributed by atoms with Crippen molar-refractivity contribution in [3.05, 3.63) is 59.2 Å². The Morgan fingerprint density at radius 3 is 2.74 bits per heavy atom. The lowest BCUT2D eigenvalue weighted by molar-refractivity contribution is -0.132. The lowest BCUT2D eigenvalue weighted by Gasteiger charge is -2.35. The average Bonchev–Trinajstić information content (AvgIpc) is 3.16. The van der Waals surface area contributed by atoms with E-state index in [1.165, 1.54) is 11.1 Å². The second-order valence-corrected chi connectivity index (χ2v) is 7.23. The van der Waals surface area contributed by atoms with Crippen molar-refractivity contribution in [1.29, 1.82) is 0 Å². The summed E-state index contributed by atoms with van der Waals surface area (Å²) in [5.74, 6) is 2.02. The number of piperazine rings is 1. The molecule has 1 amide bonds. The van der Waals surface area contributed by atoms with Crippen LogP contribution in [0.5, 0.6) is 11.5 Å². The Labute approximate surface area is 160 Å². The van der Waals surface area contributed by atoms with E-state index in [1.807, 2.05) is 29.2 Å². The number of hydrogen-bond donors (Lipinski definition) is 0. The van der Waals surface area contributed by atoms with Crippen LogP contribution in [0.4, 0.5) is 0 Å². The predicted octanol–water partition coefficient (Wildman–Crippen LogP) is 2.52.